The van der Waals surface area contributed by atoms with E-state index in [0.29, 0.717) is 6.42 Å². The molecule has 3 heteroatoms. The standard InChI is InChI=1S/C12H21NO2/c1-15-11(14)8-12(13)6-2-3-10(7-12)9-4-5-9/h9-10H,2-8,13H2,1H3. The zero-order chi connectivity index (χ0) is 10.9. The van der Waals surface area contributed by atoms with Gasteiger partial charge in [0.25, 0.3) is 0 Å². The largest absolute Gasteiger partial charge is 0.469 e. The van der Waals surface area contributed by atoms with E-state index in [4.69, 9.17) is 10.5 Å². The van der Waals surface area contributed by atoms with Gasteiger partial charge in [0.15, 0.2) is 0 Å². The summed E-state index contributed by atoms with van der Waals surface area (Å²) in [6.07, 6.45) is 7.63. The highest BCUT2D eigenvalue weighted by molar-refractivity contribution is 5.70. The summed E-state index contributed by atoms with van der Waals surface area (Å²) in [5, 5.41) is 0. The van der Waals surface area contributed by atoms with Gasteiger partial charge in [-0.3, -0.25) is 4.79 Å². The van der Waals surface area contributed by atoms with Gasteiger partial charge in [0, 0.05) is 5.54 Å². The molecular weight excluding hydrogens is 190 g/mol. The number of esters is 1. The van der Waals surface area contributed by atoms with Crippen LogP contribution >= 0.6 is 0 Å². The van der Waals surface area contributed by atoms with Crippen molar-refractivity contribution in [1.29, 1.82) is 0 Å². The SMILES string of the molecule is COC(=O)CC1(N)CCCC(C2CC2)C1. The van der Waals surface area contributed by atoms with Crippen LogP contribution in [0.5, 0.6) is 0 Å². The maximum Gasteiger partial charge on any atom is 0.307 e. The van der Waals surface area contributed by atoms with Crippen molar-refractivity contribution in [2.75, 3.05) is 7.11 Å². The Bertz CT molecular complexity index is 250. The third-order valence-corrected chi connectivity index (χ3v) is 3.93. The van der Waals surface area contributed by atoms with E-state index in [1.54, 1.807) is 0 Å². The first-order valence-corrected chi connectivity index (χ1v) is 5.99. The number of hydrogen-bond donors (Lipinski definition) is 1. The van der Waals surface area contributed by atoms with E-state index in [2.05, 4.69) is 0 Å². The Morgan fingerprint density at radius 3 is 2.73 bits per heavy atom. The molecule has 2 unspecified atom stereocenters. The van der Waals surface area contributed by atoms with Crippen LogP contribution < -0.4 is 5.73 Å². The summed E-state index contributed by atoms with van der Waals surface area (Å²) in [5.41, 5.74) is 6.01. The van der Waals surface area contributed by atoms with E-state index in [1.165, 1.54) is 32.8 Å². The maximum absolute atomic E-state index is 11.3. The Morgan fingerprint density at radius 1 is 1.40 bits per heavy atom. The Hall–Kier alpha value is -0.570. The van der Waals surface area contributed by atoms with E-state index >= 15 is 0 Å². The number of hydrogen-bond acceptors (Lipinski definition) is 3. The van der Waals surface area contributed by atoms with Gasteiger partial charge in [-0.05, 0) is 37.5 Å². The molecule has 0 radical (unpaired) electrons. The summed E-state index contributed by atoms with van der Waals surface area (Å²) in [6.45, 7) is 0. The minimum atomic E-state index is -0.279. The molecule has 0 aromatic rings. The van der Waals surface area contributed by atoms with Crippen LogP contribution in [0, 0.1) is 11.8 Å². The average Bonchev–Trinajstić information content (AvgIpc) is 3.00. The lowest BCUT2D eigenvalue weighted by molar-refractivity contribution is -0.142. The molecule has 2 atom stereocenters. The van der Waals surface area contributed by atoms with Gasteiger partial charge in [-0.1, -0.05) is 12.8 Å². The van der Waals surface area contributed by atoms with Crippen LogP contribution in [0.3, 0.4) is 0 Å². The second kappa shape index (κ2) is 4.12. The first-order valence-electron chi connectivity index (χ1n) is 5.99. The van der Waals surface area contributed by atoms with Crippen molar-refractivity contribution in [3.8, 4) is 0 Å². The summed E-state index contributed by atoms with van der Waals surface area (Å²) in [4.78, 5) is 11.3. The van der Waals surface area contributed by atoms with Crippen LogP contribution in [0.4, 0.5) is 0 Å². The summed E-state index contributed by atoms with van der Waals surface area (Å²) in [5.74, 6) is 1.52. The number of methoxy groups -OCH3 is 1. The molecule has 0 bridgehead atoms. The lowest BCUT2D eigenvalue weighted by atomic mass is 9.73. The van der Waals surface area contributed by atoms with Gasteiger partial charge in [0.2, 0.25) is 0 Å². The summed E-state index contributed by atoms with van der Waals surface area (Å²) in [7, 11) is 1.44. The average molecular weight is 211 g/mol. The van der Waals surface area contributed by atoms with Crippen molar-refractivity contribution in [3.05, 3.63) is 0 Å². The highest BCUT2D eigenvalue weighted by Gasteiger charge is 2.41. The van der Waals surface area contributed by atoms with E-state index in [1.807, 2.05) is 0 Å². The number of carbonyl (C=O) groups is 1. The number of carbonyl (C=O) groups excluding carboxylic acids is 1. The topological polar surface area (TPSA) is 52.3 Å². The molecule has 0 spiro atoms. The van der Waals surface area contributed by atoms with E-state index < -0.39 is 0 Å². The van der Waals surface area contributed by atoms with Crippen LogP contribution in [0.15, 0.2) is 0 Å². The van der Waals surface area contributed by atoms with Gasteiger partial charge >= 0.3 is 5.97 Å². The minimum absolute atomic E-state index is 0.158. The zero-order valence-corrected chi connectivity index (χ0v) is 9.50. The summed E-state index contributed by atoms with van der Waals surface area (Å²) in [6, 6.07) is 0. The fraction of sp³-hybridized carbons (Fsp3) is 0.917. The van der Waals surface area contributed by atoms with Gasteiger partial charge in [0.05, 0.1) is 13.5 Å². The first kappa shape index (κ1) is 10.9. The second-order valence-electron chi connectivity index (χ2n) is 5.31. The van der Waals surface area contributed by atoms with E-state index in [-0.39, 0.29) is 11.5 Å². The lowest BCUT2D eigenvalue weighted by Gasteiger charge is -2.37. The molecule has 2 saturated carbocycles. The Labute approximate surface area is 91.4 Å². The Morgan fingerprint density at radius 2 is 2.13 bits per heavy atom. The smallest absolute Gasteiger partial charge is 0.307 e. The van der Waals surface area contributed by atoms with Gasteiger partial charge in [-0.2, -0.15) is 0 Å². The fourth-order valence-electron chi connectivity index (χ4n) is 2.93. The van der Waals surface area contributed by atoms with Gasteiger partial charge < -0.3 is 10.5 Å². The van der Waals surface area contributed by atoms with Crippen molar-refractivity contribution >= 4 is 5.97 Å². The van der Waals surface area contributed by atoms with Gasteiger partial charge in [0.1, 0.15) is 0 Å². The molecule has 0 saturated heterocycles. The minimum Gasteiger partial charge on any atom is -0.469 e. The maximum atomic E-state index is 11.3. The van der Waals surface area contributed by atoms with Crippen molar-refractivity contribution in [3.63, 3.8) is 0 Å². The molecular formula is C12H21NO2. The molecule has 2 N–H and O–H groups in total. The van der Waals surface area contributed by atoms with Crippen LogP contribution in [0.25, 0.3) is 0 Å². The number of ether oxygens (including phenoxy) is 1. The van der Waals surface area contributed by atoms with Gasteiger partial charge in [-0.15, -0.1) is 0 Å². The van der Waals surface area contributed by atoms with Crippen molar-refractivity contribution in [2.24, 2.45) is 17.6 Å². The molecule has 2 fully saturated rings. The number of nitrogens with two attached hydrogens (primary N) is 1. The monoisotopic (exact) mass is 211 g/mol. The summed E-state index contributed by atoms with van der Waals surface area (Å²) >= 11 is 0. The zero-order valence-electron chi connectivity index (χ0n) is 9.50. The van der Waals surface area contributed by atoms with Crippen LogP contribution in [-0.2, 0) is 9.53 Å². The third kappa shape index (κ3) is 2.71. The third-order valence-electron chi connectivity index (χ3n) is 3.93. The molecule has 15 heavy (non-hydrogen) atoms. The predicted octanol–water partition coefficient (Wildman–Crippen LogP) is 1.85. The van der Waals surface area contributed by atoms with Crippen LogP contribution in [0.2, 0.25) is 0 Å². The Kier molecular flexibility index (Phi) is 3.01. The second-order valence-corrected chi connectivity index (χ2v) is 5.31. The molecule has 0 heterocycles. The summed E-state index contributed by atoms with van der Waals surface area (Å²) < 4.78 is 4.71. The number of rotatable bonds is 3. The molecule has 2 aliphatic carbocycles. The van der Waals surface area contributed by atoms with E-state index in [9.17, 15) is 4.79 Å². The normalized spacial score (nSPS) is 36.3. The molecule has 86 valence electrons. The molecule has 0 aromatic carbocycles. The highest BCUT2D eigenvalue weighted by Crippen LogP contribution is 2.46. The van der Waals surface area contributed by atoms with Crippen molar-refractivity contribution in [1.82, 2.24) is 0 Å². The first-order chi connectivity index (χ1) is 7.13. The van der Waals surface area contributed by atoms with Crippen molar-refractivity contribution < 1.29 is 9.53 Å². The lowest BCUT2D eigenvalue weighted by Crippen LogP contribution is -2.46. The molecule has 3 nitrogen and oxygen atoms in total. The Balaban J connectivity index is 1.91. The molecule has 0 amide bonds. The van der Waals surface area contributed by atoms with Crippen LogP contribution in [-0.4, -0.2) is 18.6 Å². The predicted molar refractivity (Wildman–Crippen MR) is 58.2 cm³/mol. The van der Waals surface area contributed by atoms with E-state index in [0.717, 1.165) is 24.7 Å². The highest BCUT2D eigenvalue weighted by atomic mass is 16.5. The van der Waals surface area contributed by atoms with Gasteiger partial charge in [-0.25, -0.2) is 0 Å². The molecule has 2 rings (SSSR count). The van der Waals surface area contributed by atoms with Crippen LogP contribution in [0.1, 0.15) is 44.9 Å². The molecule has 0 aliphatic heterocycles. The quantitative estimate of drug-likeness (QED) is 0.725. The fourth-order valence-corrected chi connectivity index (χ4v) is 2.93. The van der Waals surface area contributed by atoms with Crippen molar-refractivity contribution in [2.45, 2.75) is 50.5 Å². The molecule has 0 aromatic heterocycles. The molecule has 2 aliphatic rings.